The molecule has 3 aromatic heterocycles. The fraction of sp³-hybridized carbons (Fsp3) is 0.524. The molecule has 0 amide bonds. The molecule has 0 atom stereocenters. The van der Waals surface area contributed by atoms with Crippen LogP contribution in [0.2, 0.25) is 0 Å². The Kier molecular flexibility index (Phi) is 5.80. The van der Waals surface area contributed by atoms with E-state index in [-0.39, 0.29) is 0 Å². The molecule has 0 unspecified atom stereocenters. The van der Waals surface area contributed by atoms with Gasteiger partial charge in [0.2, 0.25) is 4.77 Å². The summed E-state index contributed by atoms with van der Waals surface area (Å²) in [4.78, 5) is 0. The van der Waals surface area contributed by atoms with Gasteiger partial charge in [-0.25, -0.2) is 0 Å². The molecule has 0 spiro atoms. The molecule has 0 radical (unpaired) electrons. The molecular formula is C21H28N6OS. The number of hydrogen-bond acceptors (Lipinski definition) is 5. The van der Waals surface area contributed by atoms with Gasteiger partial charge in [0.1, 0.15) is 5.76 Å². The van der Waals surface area contributed by atoms with Crippen molar-refractivity contribution in [3.8, 4) is 5.82 Å². The maximum Gasteiger partial charge on any atom is 0.216 e. The van der Waals surface area contributed by atoms with E-state index < -0.39 is 0 Å². The van der Waals surface area contributed by atoms with E-state index in [1.807, 2.05) is 26.1 Å². The van der Waals surface area contributed by atoms with E-state index in [4.69, 9.17) is 16.7 Å². The number of H-pyrrole nitrogens is 1. The van der Waals surface area contributed by atoms with Gasteiger partial charge in [-0.05, 0) is 51.4 Å². The Balaban J connectivity index is 1.54. The van der Waals surface area contributed by atoms with Crippen molar-refractivity contribution in [3.05, 3.63) is 45.4 Å². The molecule has 3 aromatic rings. The topological polar surface area (TPSA) is 76.9 Å². The first kappa shape index (κ1) is 19.8. The molecule has 8 heteroatoms. The molecule has 0 saturated heterocycles. The zero-order chi connectivity index (χ0) is 20.4. The van der Waals surface area contributed by atoms with E-state index in [9.17, 15) is 0 Å². The van der Waals surface area contributed by atoms with Gasteiger partial charge in [-0.2, -0.15) is 14.9 Å². The molecule has 7 nitrogen and oxygen atoms in total. The molecule has 0 bridgehead atoms. The Hall–Kier alpha value is -2.48. The highest BCUT2D eigenvalue weighted by Gasteiger charge is 2.16. The zero-order valence-electron chi connectivity index (χ0n) is 17.3. The predicted octanol–water partition coefficient (Wildman–Crippen LogP) is 5.04. The summed E-state index contributed by atoms with van der Waals surface area (Å²) < 4.78 is 9.58. The summed E-state index contributed by atoms with van der Waals surface area (Å²) in [6.45, 7) is 5.99. The Bertz CT molecular complexity index is 1060. The number of aryl methyl sites for hydroxylation is 3. The van der Waals surface area contributed by atoms with Crippen LogP contribution in [0.15, 0.2) is 21.8 Å². The number of nitrogens with zero attached hydrogens (tertiary/aromatic N) is 5. The lowest BCUT2D eigenvalue weighted by Gasteiger charge is -2.20. The average molecular weight is 413 g/mol. The van der Waals surface area contributed by atoms with Gasteiger partial charge >= 0.3 is 0 Å². The SMILES string of the molecule is Cc1cc(-n2c(C)cc(/C=N\n3c(CCC4CCCCC4)n[nH]c3=S)c2C)no1. The van der Waals surface area contributed by atoms with Crippen molar-refractivity contribution >= 4 is 18.4 Å². The van der Waals surface area contributed by atoms with Crippen molar-refractivity contribution in [3.63, 3.8) is 0 Å². The summed E-state index contributed by atoms with van der Waals surface area (Å²) in [7, 11) is 0. The lowest BCUT2D eigenvalue weighted by molar-refractivity contribution is 0.336. The van der Waals surface area contributed by atoms with E-state index in [0.29, 0.717) is 4.77 Å². The Morgan fingerprint density at radius 1 is 1.24 bits per heavy atom. The Labute approximate surface area is 175 Å². The minimum Gasteiger partial charge on any atom is -0.360 e. The van der Waals surface area contributed by atoms with Crippen molar-refractivity contribution in [1.29, 1.82) is 0 Å². The van der Waals surface area contributed by atoms with Gasteiger partial charge in [0.25, 0.3) is 0 Å². The second kappa shape index (κ2) is 8.49. The summed E-state index contributed by atoms with van der Waals surface area (Å²) in [5, 5.41) is 16.1. The van der Waals surface area contributed by atoms with Crippen LogP contribution >= 0.6 is 12.2 Å². The summed E-state index contributed by atoms with van der Waals surface area (Å²) in [5.41, 5.74) is 3.15. The van der Waals surface area contributed by atoms with Crippen LogP contribution in [0.5, 0.6) is 0 Å². The second-order valence-electron chi connectivity index (χ2n) is 8.00. The highest BCUT2D eigenvalue weighted by molar-refractivity contribution is 7.71. The highest BCUT2D eigenvalue weighted by atomic mass is 32.1. The third-order valence-electron chi connectivity index (χ3n) is 5.85. The van der Waals surface area contributed by atoms with E-state index in [2.05, 4.69) is 38.0 Å². The first-order valence-corrected chi connectivity index (χ1v) is 10.8. The molecule has 1 saturated carbocycles. The predicted molar refractivity (Wildman–Crippen MR) is 115 cm³/mol. The summed E-state index contributed by atoms with van der Waals surface area (Å²) in [6.07, 6.45) is 10.7. The van der Waals surface area contributed by atoms with E-state index in [1.54, 1.807) is 4.68 Å². The van der Waals surface area contributed by atoms with Gasteiger partial charge in [0, 0.05) is 29.4 Å². The molecule has 0 aliphatic heterocycles. The molecule has 3 heterocycles. The molecule has 1 aliphatic rings. The lowest BCUT2D eigenvalue weighted by atomic mass is 9.86. The third kappa shape index (κ3) is 4.27. The van der Waals surface area contributed by atoms with Crippen molar-refractivity contribution in [2.45, 2.75) is 65.7 Å². The van der Waals surface area contributed by atoms with Crippen molar-refractivity contribution in [2.75, 3.05) is 0 Å². The zero-order valence-corrected chi connectivity index (χ0v) is 18.1. The maximum absolute atomic E-state index is 5.41. The molecule has 29 heavy (non-hydrogen) atoms. The van der Waals surface area contributed by atoms with Gasteiger partial charge in [0.15, 0.2) is 11.6 Å². The minimum absolute atomic E-state index is 0.529. The second-order valence-corrected chi connectivity index (χ2v) is 8.39. The largest absolute Gasteiger partial charge is 0.360 e. The van der Waals surface area contributed by atoms with Crippen LogP contribution in [0.25, 0.3) is 5.82 Å². The lowest BCUT2D eigenvalue weighted by Crippen LogP contribution is -2.09. The molecular weight excluding hydrogens is 384 g/mol. The molecule has 1 N–H and O–H groups in total. The van der Waals surface area contributed by atoms with Gasteiger partial charge in [-0.15, -0.1) is 0 Å². The molecule has 4 rings (SSSR count). The molecule has 1 fully saturated rings. The fourth-order valence-corrected chi connectivity index (χ4v) is 4.46. The highest BCUT2D eigenvalue weighted by Crippen LogP contribution is 2.27. The number of hydrogen-bond donors (Lipinski definition) is 1. The molecule has 154 valence electrons. The minimum atomic E-state index is 0.529. The Morgan fingerprint density at radius 2 is 2.03 bits per heavy atom. The Morgan fingerprint density at radius 3 is 2.76 bits per heavy atom. The smallest absolute Gasteiger partial charge is 0.216 e. The van der Waals surface area contributed by atoms with Crippen molar-refractivity contribution in [1.82, 2.24) is 24.6 Å². The average Bonchev–Trinajstić information content (AvgIpc) is 3.37. The quantitative estimate of drug-likeness (QED) is 0.454. The van der Waals surface area contributed by atoms with Gasteiger partial charge in [-0.1, -0.05) is 37.3 Å². The number of aromatic amines is 1. The molecule has 1 aliphatic carbocycles. The van der Waals surface area contributed by atoms with E-state index in [1.165, 1.54) is 32.1 Å². The first-order valence-electron chi connectivity index (χ1n) is 10.4. The van der Waals surface area contributed by atoms with Crippen molar-refractivity contribution in [2.24, 2.45) is 11.0 Å². The maximum atomic E-state index is 5.41. The summed E-state index contributed by atoms with van der Waals surface area (Å²) in [6, 6.07) is 4.02. The van der Waals surface area contributed by atoms with Gasteiger partial charge in [-0.3, -0.25) is 9.67 Å². The van der Waals surface area contributed by atoms with E-state index >= 15 is 0 Å². The van der Waals surface area contributed by atoms with Crippen LogP contribution in [0.3, 0.4) is 0 Å². The number of rotatable bonds is 6. The standard InChI is InChI=1S/C21H28N6OS/c1-14-11-18(16(3)26(14)20-12-15(2)28-25-20)13-22-27-19(23-24-21(27)29)10-9-17-7-5-4-6-8-17/h11-13,17H,4-10H2,1-3H3,(H,24,29)/b22-13-. The van der Waals surface area contributed by atoms with E-state index in [0.717, 1.165) is 53.1 Å². The monoisotopic (exact) mass is 412 g/mol. The third-order valence-corrected chi connectivity index (χ3v) is 6.11. The van der Waals surface area contributed by atoms with Crippen LogP contribution in [0, 0.1) is 31.5 Å². The van der Waals surface area contributed by atoms with Crippen LogP contribution < -0.4 is 0 Å². The van der Waals surface area contributed by atoms with Crippen molar-refractivity contribution < 1.29 is 4.52 Å². The fourth-order valence-electron chi connectivity index (χ4n) is 4.26. The van der Waals surface area contributed by atoms with Gasteiger partial charge < -0.3 is 4.52 Å². The number of aromatic nitrogens is 5. The normalized spacial score (nSPS) is 15.6. The number of nitrogens with one attached hydrogen (secondary N) is 1. The van der Waals surface area contributed by atoms with Crippen LogP contribution in [-0.2, 0) is 6.42 Å². The van der Waals surface area contributed by atoms with Gasteiger partial charge in [0.05, 0.1) is 6.21 Å². The summed E-state index contributed by atoms with van der Waals surface area (Å²) >= 11 is 5.41. The molecule has 0 aromatic carbocycles. The van der Waals surface area contributed by atoms with Crippen LogP contribution in [0.1, 0.15) is 67.1 Å². The first-order chi connectivity index (χ1) is 14.0. The van der Waals surface area contributed by atoms with Crippen LogP contribution in [-0.4, -0.2) is 30.8 Å². The summed E-state index contributed by atoms with van der Waals surface area (Å²) in [5.74, 6) is 3.27. The van der Waals surface area contributed by atoms with Crippen LogP contribution in [0.4, 0.5) is 0 Å².